The minimum absolute atomic E-state index is 0.718. The van der Waals surface area contributed by atoms with Crippen molar-refractivity contribution in [2.45, 2.75) is 13.8 Å². The maximum atomic E-state index is 6.26. The highest BCUT2D eigenvalue weighted by molar-refractivity contribution is 6.36. The van der Waals surface area contributed by atoms with Crippen LogP contribution in [0.15, 0.2) is 30.3 Å². The summed E-state index contributed by atoms with van der Waals surface area (Å²) < 4.78 is 0. The monoisotopic (exact) mass is 249 g/mol. The van der Waals surface area contributed by atoms with Crippen LogP contribution in [0.1, 0.15) is 11.1 Å². The molecule has 2 aromatic carbocycles. The quantitative estimate of drug-likeness (QED) is 0.662. The fourth-order valence-electron chi connectivity index (χ4n) is 1.64. The van der Waals surface area contributed by atoms with E-state index >= 15 is 0 Å². The third-order valence-electron chi connectivity index (χ3n) is 2.53. The zero-order valence-electron chi connectivity index (χ0n) is 9.14. The number of aryl methyl sites for hydroxylation is 2. The van der Waals surface area contributed by atoms with Gasteiger partial charge in [0.15, 0.2) is 0 Å². The number of hydrogen-bond donors (Lipinski definition) is 0. The summed E-state index contributed by atoms with van der Waals surface area (Å²) in [6.07, 6.45) is 0. The number of hydrogen-bond acceptors (Lipinski definition) is 0. The first-order valence-corrected chi connectivity index (χ1v) is 5.78. The zero-order chi connectivity index (χ0) is 11.7. The fraction of sp³-hybridized carbons (Fsp3) is 0.143. The van der Waals surface area contributed by atoms with Crippen molar-refractivity contribution in [1.82, 2.24) is 0 Å². The van der Waals surface area contributed by atoms with Crippen molar-refractivity contribution in [3.05, 3.63) is 57.6 Å². The second-order valence-electron chi connectivity index (χ2n) is 3.81. The Hall–Kier alpha value is -0.980. The van der Waals surface area contributed by atoms with Crippen molar-refractivity contribution in [3.8, 4) is 11.1 Å². The maximum Gasteiger partial charge on any atom is 0.0520 e. The van der Waals surface area contributed by atoms with Gasteiger partial charge in [-0.25, -0.2) is 0 Å². The second kappa shape index (κ2) is 4.48. The van der Waals surface area contributed by atoms with Gasteiger partial charge in [-0.2, -0.15) is 0 Å². The van der Waals surface area contributed by atoms with Crippen molar-refractivity contribution >= 4 is 23.2 Å². The van der Waals surface area contributed by atoms with Crippen LogP contribution in [0.2, 0.25) is 10.0 Å². The van der Waals surface area contributed by atoms with Crippen molar-refractivity contribution < 1.29 is 0 Å². The van der Waals surface area contributed by atoms with Crippen LogP contribution in [0, 0.1) is 19.9 Å². The molecule has 0 aromatic heterocycles. The smallest absolute Gasteiger partial charge is 0.0520 e. The summed E-state index contributed by atoms with van der Waals surface area (Å²) in [4.78, 5) is 0. The van der Waals surface area contributed by atoms with Crippen LogP contribution in [0.3, 0.4) is 0 Å². The summed E-state index contributed by atoms with van der Waals surface area (Å²) in [5.74, 6) is 0. The average Bonchev–Trinajstić information content (AvgIpc) is 2.26. The summed E-state index contributed by atoms with van der Waals surface area (Å²) in [7, 11) is 0. The highest BCUT2D eigenvalue weighted by Gasteiger charge is 2.09. The topological polar surface area (TPSA) is 0 Å². The molecule has 0 bridgehead atoms. The van der Waals surface area contributed by atoms with Gasteiger partial charge in [0.25, 0.3) is 0 Å². The molecule has 0 saturated heterocycles. The van der Waals surface area contributed by atoms with Crippen LogP contribution < -0.4 is 0 Å². The molecule has 2 heteroatoms. The first kappa shape index (κ1) is 11.5. The van der Waals surface area contributed by atoms with Crippen LogP contribution >= 0.6 is 23.2 Å². The molecule has 0 fully saturated rings. The number of benzene rings is 2. The van der Waals surface area contributed by atoms with Crippen molar-refractivity contribution in [1.29, 1.82) is 0 Å². The molecule has 0 aliphatic rings. The van der Waals surface area contributed by atoms with E-state index in [2.05, 4.69) is 6.07 Å². The molecule has 0 atom stereocenters. The molecular formula is C14H11Cl2. The van der Waals surface area contributed by atoms with E-state index in [0.717, 1.165) is 26.7 Å². The molecule has 0 amide bonds. The van der Waals surface area contributed by atoms with Gasteiger partial charge < -0.3 is 0 Å². The molecule has 0 aliphatic carbocycles. The van der Waals surface area contributed by atoms with E-state index in [1.165, 1.54) is 5.56 Å². The Morgan fingerprint density at radius 3 is 2.50 bits per heavy atom. The van der Waals surface area contributed by atoms with Gasteiger partial charge in [0.05, 0.1) is 5.02 Å². The lowest BCUT2D eigenvalue weighted by molar-refractivity contribution is 1.43. The first-order chi connectivity index (χ1) is 7.59. The molecule has 2 rings (SSSR count). The Kier molecular flexibility index (Phi) is 3.22. The molecule has 0 aliphatic heterocycles. The Balaban J connectivity index is 2.67. The van der Waals surface area contributed by atoms with Gasteiger partial charge in [0.1, 0.15) is 0 Å². The highest BCUT2D eigenvalue weighted by Crippen LogP contribution is 2.35. The SMILES string of the molecule is Cc1ccc(Cl)c(-c2cc[c]c(C)c2Cl)c1. The maximum absolute atomic E-state index is 6.26. The molecule has 2 aromatic rings. The number of halogens is 2. The third kappa shape index (κ3) is 2.09. The van der Waals surface area contributed by atoms with Gasteiger partial charge >= 0.3 is 0 Å². The minimum atomic E-state index is 0.718. The Morgan fingerprint density at radius 2 is 1.75 bits per heavy atom. The normalized spacial score (nSPS) is 10.5. The van der Waals surface area contributed by atoms with Crippen molar-refractivity contribution in [3.63, 3.8) is 0 Å². The molecule has 0 spiro atoms. The van der Waals surface area contributed by atoms with Gasteiger partial charge in [-0.15, -0.1) is 0 Å². The predicted octanol–water partition coefficient (Wildman–Crippen LogP) is 5.08. The van der Waals surface area contributed by atoms with E-state index in [4.69, 9.17) is 23.2 Å². The minimum Gasteiger partial charge on any atom is -0.0837 e. The molecule has 0 N–H and O–H groups in total. The summed E-state index contributed by atoms with van der Waals surface area (Å²) in [6, 6.07) is 12.8. The lowest BCUT2D eigenvalue weighted by atomic mass is 10.0. The molecule has 0 unspecified atom stereocenters. The predicted molar refractivity (Wildman–Crippen MR) is 70.2 cm³/mol. The van der Waals surface area contributed by atoms with Crippen LogP contribution in [-0.4, -0.2) is 0 Å². The largest absolute Gasteiger partial charge is 0.0837 e. The van der Waals surface area contributed by atoms with Crippen LogP contribution in [0.5, 0.6) is 0 Å². The van der Waals surface area contributed by atoms with Gasteiger partial charge in [0, 0.05) is 16.1 Å². The van der Waals surface area contributed by atoms with Gasteiger partial charge in [-0.05, 0) is 37.6 Å². The Bertz CT molecular complexity index is 530. The average molecular weight is 250 g/mol. The van der Waals surface area contributed by atoms with E-state index in [1.807, 2.05) is 44.2 Å². The molecule has 0 heterocycles. The summed E-state index contributed by atoms with van der Waals surface area (Å²) >= 11 is 12.4. The van der Waals surface area contributed by atoms with Gasteiger partial charge in [-0.3, -0.25) is 0 Å². The number of rotatable bonds is 1. The molecule has 0 saturated carbocycles. The zero-order valence-corrected chi connectivity index (χ0v) is 10.7. The standard InChI is InChI=1S/C14H11Cl2/c1-9-6-7-13(15)12(8-9)11-5-3-4-10(2)14(11)16/h3,5-8H,1-2H3. The van der Waals surface area contributed by atoms with Crippen molar-refractivity contribution in [2.24, 2.45) is 0 Å². The molecule has 81 valence electrons. The molecular weight excluding hydrogens is 239 g/mol. The van der Waals surface area contributed by atoms with E-state index in [1.54, 1.807) is 0 Å². The Labute approximate surface area is 106 Å². The van der Waals surface area contributed by atoms with E-state index in [9.17, 15) is 0 Å². The van der Waals surface area contributed by atoms with E-state index in [-0.39, 0.29) is 0 Å². The van der Waals surface area contributed by atoms with Crippen molar-refractivity contribution in [2.75, 3.05) is 0 Å². The van der Waals surface area contributed by atoms with E-state index < -0.39 is 0 Å². The van der Waals surface area contributed by atoms with Gasteiger partial charge in [0.2, 0.25) is 0 Å². The van der Waals surface area contributed by atoms with Crippen LogP contribution in [0.4, 0.5) is 0 Å². The lowest BCUT2D eigenvalue weighted by Crippen LogP contribution is -1.85. The van der Waals surface area contributed by atoms with Crippen LogP contribution in [0.25, 0.3) is 11.1 Å². The second-order valence-corrected chi connectivity index (χ2v) is 4.60. The third-order valence-corrected chi connectivity index (χ3v) is 3.34. The fourth-order valence-corrected chi connectivity index (χ4v) is 2.08. The summed E-state index contributed by atoms with van der Waals surface area (Å²) in [6.45, 7) is 3.98. The van der Waals surface area contributed by atoms with E-state index in [0.29, 0.717) is 0 Å². The molecule has 0 nitrogen and oxygen atoms in total. The van der Waals surface area contributed by atoms with Gasteiger partial charge in [-0.1, -0.05) is 47.0 Å². The van der Waals surface area contributed by atoms with Crippen LogP contribution in [-0.2, 0) is 0 Å². The molecule has 16 heavy (non-hydrogen) atoms. The summed E-state index contributed by atoms with van der Waals surface area (Å²) in [5, 5.41) is 1.44. The highest BCUT2D eigenvalue weighted by atomic mass is 35.5. The first-order valence-electron chi connectivity index (χ1n) is 5.03. The summed E-state index contributed by atoms with van der Waals surface area (Å²) in [5.41, 5.74) is 4.05. The Morgan fingerprint density at radius 1 is 1.00 bits per heavy atom. The molecule has 1 radical (unpaired) electrons. The lowest BCUT2D eigenvalue weighted by Gasteiger charge is -2.09.